The number of carboxylic acids is 1. The maximum absolute atomic E-state index is 10.9. The van der Waals surface area contributed by atoms with Gasteiger partial charge in [0, 0.05) is 0 Å². The molecule has 74 valence electrons. The van der Waals surface area contributed by atoms with Gasteiger partial charge in [-0.05, 0) is 11.5 Å². The van der Waals surface area contributed by atoms with Gasteiger partial charge < -0.3 is 5.11 Å². The summed E-state index contributed by atoms with van der Waals surface area (Å²) in [6, 6.07) is 9.61. The Bertz CT molecular complexity index is 316. The second-order valence-electron chi connectivity index (χ2n) is 3.30. The zero-order chi connectivity index (χ0) is 10.6. The van der Waals surface area contributed by atoms with Gasteiger partial charge in [-0.1, -0.05) is 43.3 Å². The average Bonchev–Trinajstić information content (AvgIpc) is 2.19. The molecule has 0 fully saturated rings. The van der Waals surface area contributed by atoms with Gasteiger partial charge in [0.05, 0.1) is 5.92 Å². The number of aliphatic carboxylic acids is 1. The van der Waals surface area contributed by atoms with Crippen LogP contribution < -0.4 is 0 Å². The summed E-state index contributed by atoms with van der Waals surface area (Å²) in [5.74, 6) is -1.38. The molecular weight excluding hydrogens is 176 g/mol. The third kappa shape index (κ3) is 2.22. The predicted octanol–water partition coefficient (Wildman–Crippen LogP) is 2.68. The third-order valence-corrected chi connectivity index (χ3v) is 2.40. The summed E-state index contributed by atoms with van der Waals surface area (Å²) in [6.45, 7) is 5.45. The molecule has 0 saturated heterocycles. The summed E-state index contributed by atoms with van der Waals surface area (Å²) in [5, 5.41) is 8.93. The van der Waals surface area contributed by atoms with E-state index in [0.29, 0.717) is 0 Å². The number of carbonyl (C=O) groups is 1. The molecule has 0 aliphatic carbocycles. The number of hydrogen-bond donors (Lipinski definition) is 1. The molecular formula is C12H14O2. The van der Waals surface area contributed by atoms with Crippen molar-refractivity contribution in [1.82, 2.24) is 0 Å². The third-order valence-electron chi connectivity index (χ3n) is 2.40. The molecule has 0 aliphatic rings. The Labute approximate surface area is 83.9 Å². The van der Waals surface area contributed by atoms with E-state index in [1.165, 1.54) is 6.08 Å². The van der Waals surface area contributed by atoms with E-state index in [4.69, 9.17) is 5.11 Å². The molecule has 2 heteroatoms. The van der Waals surface area contributed by atoms with Gasteiger partial charge in [-0.15, -0.1) is 6.58 Å². The van der Waals surface area contributed by atoms with E-state index in [-0.39, 0.29) is 5.92 Å². The first-order chi connectivity index (χ1) is 6.66. The topological polar surface area (TPSA) is 37.3 Å². The lowest BCUT2D eigenvalue weighted by Crippen LogP contribution is -2.17. The first kappa shape index (κ1) is 10.5. The van der Waals surface area contributed by atoms with Gasteiger partial charge in [-0.25, -0.2) is 0 Å². The van der Waals surface area contributed by atoms with Gasteiger partial charge in [0.25, 0.3) is 0 Å². The van der Waals surface area contributed by atoms with Gasteiger partial charge in [-0.2, -0.15) is 0 Å². The summed E-state index contributed by atoms with van der Waals surface area (Å²) < 4.78 is 0. The molecule has 1 aromatic rings. The number of benzene rings is 1. The first-order valence-corrected chi connectivity index (χ1v) is 4.57. The van der Waals surface area contributed by atoms with Crippen LogP contribution in [0.3, 0.4) is 0 Å². The van der Waals surface area contributed by atoms with Crippen LogP contribution in [-0.4, -0.2) is 11.1 Å². The van der Waals surface area contributed by atoms with E-state index in [9.17, 15) is 4.79 Å². The molecule has 0 heterocycles. The fourth-order valence-electron chi connectivity index (χ4n) is 1.48. The second-order valence-corrected chi connectivity index (χ2v) is 3.30. The van der Waals surface area contributed by atoms with Crippen molar-refractivity contribution >= 4 is 5.97 Å². The summed E-state index contributed by atoms with van der Waals surface area (Å²) in [5.41, 5.74) is 1.03. The molecule has 0 spiro atoms. The van der Waals surface area contributed by atoms with Crippen molar-refractivity contribution in [3.8, 4) is 0 Å². The monoisotopic (exact) mass is 190 g/mol. The lowest BCUT2D eigenvalue weighted by Gasteiger charge is -2.16. The van der Waals surface area contributed by atoms with Crippen LogP contribution in [0.25, 0.3) is 0 Å². The average molecular weight is 190 g/mol. The van der Waals surface area contributed by atoms with Crippen molar-refractivity contribution in [2.45, 2.75) is 12.8 Å². The number of carboxylic acid groups (broad SMARTS) is 1. The lowest BCUT2D eigenvalue weighted by atomic mass is 9.88. The molecule has 1 N–H and O–H groups in total. The summed E-state index contributed by atoms with van der Waals surface area (Å²) in [6.07, 6.45) is 1.49. The normalized spacial score (nSPS) is 14.4. The first-order valence-electron chi connectivity index (χ1n) is 4.57. The van der Waals surface area contributed by atoms with Crippen LogP contribution in [0.5, 0.6) is 0 Å². The molecule has 2 atom stereocenters. The molecule has 14 heavy (non-hydrogen) atoms. The van der Waals surface area contributed by atoms with Crippen LogP contribution in [0.2, 0.25) is 0 Å². The molecule has 0 aliphatic heterocycles. The van der Waals surface area contributed by atoms with Crippen LogP contribution in [0.1, 0.15) is 18.4 Å². The van der Waals surface area contributed by atoms with Gasteiger partial charge in [0.15, 0.2) is 0 Å². The molecule has 2 unspecified atom stereocenters. The molecule has 0 radical (unpaired) electrons. The minimum Gasteiger partial charge on any atom is -0.481 e. The molecule has 0 amide bonds. The van der Waals surface area contributed by atoms with Crippen LogP contribution in [0, 0.1) is 5.92 Å². The Morgan fingerprint density at radius 3 is 2.43 bits per heavy atom. The highest BCUT2D eigenvalue weighted by molar-refractivity contribution is 5.73. The maximum atomic E-state index is 10.9. The Balaban J connectivity index is 2.88. The molecule has 2 nitrogen and oxygen atoms in total. The molecule has 1 aromatic carbocycles. The van der Waals surface area contributed by atoms with E-state index in [1.54, 1.807) is 0 Å². The Hall–Kier alpha value is -1.57. The quantitative estimate of drug-likeness (QED) is 0.741. The molecule has 0 saturated carbocycles. The fourth-order valence-corrected chi connectivity index (χ4v) is 1.48. The van der Waals surface area contributed by atoms with E-state index in [2.05, 4.69) is 6.58 Å². The van der Waals surface area contributed by atoms with Crippen LogP contribution >= 0.6 is 0 Å². The van der Waals surface area contributed by atoms with Crippen LogP contribution in [0.4, 0.5) is 0 Å². The smallest absolute Gasteiger partial charge is 0.310 e. The number of hydrogen-bond acceptors (Lipinski definition) is 1. The van der Waals surface area contributed by atoms with Crippen molar-refractivity contribution in [2.24, 2.45) is 5.92 Å². The largest absolute Gasteiger partial charge is 0.481 e. The van der Waals surface area contributed by atoms with Gasteiger partial charge >= 0.3 is 5.97 Å². The number of rotatable bonds is 4. The minimum atomic E-state index is -0.823. The van der Waals surface area contributed by atoms with Crippen molar-refractivity contribution < 1.29 is 9.90 Å². The standard InChI is InChI=1S/C12H14O2/c1-3-11(12(13)14)9(2)10-7-5-4-6-8-10/h3-9,11H,1H2,2H3,(H,13,14). The highest BCUT2D eigenvalue weighted by Gasteiger charge is 2.22. The predicted molar refractivity (Wildman–Crippen MR) is 56.2 cm³/mol. The van der Waals surface area contributed by atoms with Crippen molar-refractivity contribution in [1.29, 1.82) is 0 Å². The second kappa shape index (κ2) is 4.61. The van der Waals surface area contributed by atoms with Crippen molar-refractivity contribution in [3.63, 3.8) is 0 Å². The van der Waals surface area contributed by atoms with Crippen molar-refractivity contribution in [2.75, 3.05) is 0 Å². The minimum absolute atomic E-state index is 0.0359. The molecule has 0 aromatic heterocycles. The van der Waals surface area contributed by atoms with E-state index >= 15 is 0 Å². The summed E-state index contributed by atoms with van der Waals surface area (Å²) in [4.78, 5) is 10.9. The van der Waals surface area contributed by atoms with Gasteiger partial charge in [0.2, 0.25) is 0 Å². The SMILES string of the molecule is C=CC(C(=O)O)C(C)c1ccccc1. The Kier molecular flexibility index (Phi) is 3.46. The Morgan fingerprint density at radius 1 is 1.43 bits per heavy atom. The molecule has 0 bridgehead atoms. The van der Waals surface area contributed by atoms with E-state index in [0.717, 1.165) is 5.56 Å². The van der Waals surface area contributed by atoms with Crippen molar-refractivity contribution in [3.05, 3.63) is 48.6 Å². The highest BCUT2D eigenvalue weighted by Crippen LogP contribution is 2.24. The zero-order valence-corrected chi connectivity index (χ0v) is 8.18. The van der Waals surface area contributed by atoms with E-state index < -0.39 is 11.9 Å². The lowest BCUT2D eigenvalue weighted by molar-refractivity contribution is -0.140. The van der Waals surface area contributed by atoms with Gasteiger partial charge in [-0.3, -0.25) is 4.79 Å². The van der Waals surface area contributed by atoms with E-state index in [1.807, 2.05) is 37.3 Å². The van der Waals surface area contributed by atoms with Crippen LogP contribution in [-0.2, 0) is 4.79 Å². The molecule has 1 rings (SSSR count). The maximum Gasteiger partial charge on any atom is 0.310 e. The van der Waals surface area contributed by atoms with Crippen LogP contribution in [0.15, 0.2) is 43.0 Å². The summed E-state index contributed by atoms with van der Waals surface area (Å²) in [7, 11) is 0. The van der Waals surface area contributed by atoms with Gasteiger partial charge in [0.1, 0.15) is 0 Å². The Morgan fingerprint density at radius 2 is 2.00 bits per heavy atom. The zero-order valence-electron chi connectivity index (χ0n) is 8.18. The fraction of sp³-hybridized carbons (Fsp3) is 0.250. The summed E-state index contributed by atoms with van der Waals surface area (Å²) >= 11 is 0. The highest BCUT2D eigenvalue weighted by atomic mass is 16.4.